The van der Waals surface area contributed by atoms with Crippen molar-refractivity contribution in [2.24, 2.45) is 7.05 Å². The van der Waals surface area contributed by atoms with E-state index >= 15 is 0 Å². The second-order valence-corrected chi connectivity index (χ2v) is 7.70. The first-order valence-electron chi connectivity index (χ1n) is 10.6. The Morgan fingerprint density at radius 2 is 1.36 bits per heavy atom. The molecule has 5 aromatic rings. The van der Waals surface area contributed by atoms with E-state index in [1.807, 2.05) is 73.8 Å². The van der Waals surface area contributed by atoms with E-state index in [9.17, 15) is 0 Å². The molecule has 5 rings (SSSR count). The smallest absolute Gasteiger partial charge is 0.0768 e. The Labute approximate surface area is 209 Å². The summed E-state index contributed by atoms with van der Waals surface area (Å²) in [5, 5.41) is 0. The third-order valence-electron chi connectivity index (χ3n) is 4.99. The van der Waals surface area contributed by atoms with E-state index < -0.39 is 0 Å². The molecule has 2 heterocycles. The van der Waals surface area contributed by atoms with Gasteiger partial charge in [0.2, 0.25) is 0 Å². The van der Waals surface area contributed by atoms with Crippen LogP contribution in [0.4, 0.5) is 0 Å². The van der Waals surface area contributed by atoms with Gasteiger partial charge in [0.1, 0.15) is 0 Å². The number of aromatic nitrogens is 3. The third kappa shape index (κ3) is 6.35. The summed E-state index contributed by atoms with van der Waals surface area (Å²) in [4.78, 5) is 8.98. The summed E-state index contributed by atoms with van der Waals surface area (Å²) in [7, 11) is 2.02. The van der Waals surface area contributed by atoms with Crippen molar-refractivity contribution >= 4 is 0 Å². The van der Waals surface area contributed by atoms with Gasteiger partial charge in [-0.1, -0.05) is 29.3 Å². The van der Waals surface area contributed by atoms with E-state index in [-0.39, 0.29) is 20.1 Å². The normalized spacial score (nSPS) is 10.0. The van der Waals surface area contributed by atoms with Gasteiger partial charge in [-0.15, -0.1) is 71.8 Å². The van der Waals surface area contributed by atoms with Gasteiger partial charge in [0.15, 0.2) is 0 Å². The van der Waals surface area contributed by atoms with E-state index in [1.54, 1.807) is 6.20 Å². The molecule has 0 N–H and O–H groups in total. The van der Waals surface area contributed by atoms with Gasteiger partial charge in [-0.2, -0.15) is 0 Å². The maximum absolute atomic E-state index is 4.76. The molecule has 1 radical (unpaired) electrons. The van der Waals surface area contributed by atoms with Crippen molar-refractivity contribution in [3.05, 3.63) is 121 Å². The molecular formula is C29H25IrN3-2. The summed E-state index contributed by atoms with van der Waals surface area (Å²) in [5.74, 6) is 0.944. The molecule has 0 unspecified atom stereocenters. The minimum atomic E-state index is 0. The first-order chi connectivity index (χ1) is 15.6. The standard InChI is InChI=1S/C18H17N2.C11H8N.Ir/c1-13-9-14(2)11-16(10-13)17-12-20(3)18(19-17)15-7-5-4-6-8-15;1-2-6-10(7-3-1)11-8-4-5-9-12-11;/h4-7,9-12H,1-3H3;1-6,8-9H;/q2*-1;. The molecule has 0 saturated heterocycles. The molecule has 3 aromatic carbocycles. The van der Waals surface area contributed by atoms with Gasteiger partial charge in [0, 0.05) is 45.1 Å². The Kier molecular flexibility index (Phi) is 8.48. The summed E-state index contributed by atoms with van der Waals surface area (Å²) in [5.41, 5.74) is 7.73. The monoisotopic (exact) mass is 608 g/mol. The van der Waals surface area contributed by atoms with Crippen LogP contribution in [0.1, 0.15) is 11.1 Å². The SMILES string of the molecule is Cc1cc(C)cc(-c2cn(C)c(-c3[c-]cccc3)n2)c1.[Ir].[c-]1ccccc1-c1ccccn1. The first-order valence-corrected chi connectivity index (χ1v) is 10.6. The maximum Gasteiger partial charge on any atom is 0.0768 e. The van der Waals surface area contributed by atoms with E-state index in [2.05, 4.69) is 59.9 Å². The molecule has 33 heavy (non-hydrogen) atoms. The van der Waals surface area contributed by atoms with Crippen LogP contribution in [-0.4, -0.2) is 14.5 Å². The minimum absolute atomic E-state index is 0. The molecule has 0 aliphatic rings. The molecule has 0 fully saturated rings. The van der Waals surface area contributed by atoms with Crippen molar-refractivity contribution in [1.82, 2.24) is 14.5 Å². The summed E-state index contributed by atoms with van der Waals surface area (Å²) in [6.07, 6.45) is 3.86. The largest absolute Gasteiger partial charge is 0.373 e. The fourth-order valence-electron chi connectivity index (χ4n) is 3.59. The van der Waals surface area contributed by atoms with Crippen LogP contribution in [0, 0.1) is 26.0 Å². The average Bonchev–Trinajstić information content (AvgIpc) is 3.22. The maximum atomic E-state index is 4.76. The van der Waals surface area contributed by atoms with E-state index in [0.717, 1.165) is 28.3 Å². The van der Waals surface area contributed by atoms with E-state index in [0.29, 0.717) is 0 Å². The molecule has 0 atom stereocenters. The van der Waals surface area contributed by atoms with Crippen molar-refractivity contribution in [2.45, 2.75) is 13.8 Å². The van der Waals surface area contributed by atoms with Gasteiger partial charge in [0.25, 0.3) is 0 Å². The zero-order chi connectivity index (χ0) is 22.3. The van der Waals surface area contributed by atoms with Crippen molar-refractivity contribution < 1.29 is 20.1 Å². The first kappa shape index (κ1) is 24.3. The predicted molar refractivity (Wildman–Crippen MR) is 131 cm³/mol. The van der Waals surface area contributed by atoms with Crippen LogP contribution in [0.5, 0.6) is 0 Å². The summed E-state index contributed by atoms with van der Waals surface area (Å²) in [6.45, 7) is 4.23. The molecule has 0 aliphatic heterocycles. The van der Waals surface area contributed by atoms with Gasteiger partial charge >= 0.3 is 0 Å². The quantitative estimate of drug-likeness (QED) is 0.213. The number of hydrogen-bond donors (Lipinski definition) is 0. The predicted octanol–water partition coefficient (Wildman–Crippen LogP) is 6.72. The second-order valence-electron chi connectivity index (χ2n) is 7.70. The van der Waals surface area contributed by atoms with Crippen LogP contribution in [-0.2, 0) is 27.2 Å². The fraction of sp³-hybridized carbons (Fsp3) is 0.103. The van der Waals surface area contributed by atoms with Crippen LogP contribution in [0.15, 0.2) is 97.3 Å². The Morgan fingerprint density at radius 3 is 1.94 bits per heavy atom. The van der Waals surface area contributed by atoms with Gasteiger partial charge < -0.3 is 9.55 Å². The Bertz CT molecular complexity index is 1220. The van der Waals surface area contributed by atoms with Crippen molar-refractivity contribution in [3.63, 3.8) is 0 Å². The summed E-state index contributed by atoms with van der Waals surface area (Å²) >= 11 is 0. The number of pyridine rings is 1. The molecule has 0 amide bonds. The van der Waals surface area contributed by atoms with Crippen molar-refractivity contribution in [2.75, 3.05) is 0 Å². The van der Waals surface area contributed by atoms with E-state index in [4.69, 9.17) is 4.98 Å². The van der Waals surface area contributed by atoms with Crippen LogP contribution in [0.25, 0.3) is 33.9 Å². The number of benzene rings is 3. The molecule has 3 nitrogen and oxygen atoms in total. The van der Waals surface area contributed by atoms with Gasteiger partial charge in [-0.05, 0) is 37.7 Å². The molecule has 0 saturated carbocycles. The molecule has 167 valence electrons. The number of rotatable bonds is 3. The molecule has 0 bridgehead atoms. The van der Waals surface area contributed by atoms with Crippen molar-refractivity contribution in [3.8, 4) is 33.9 Å². The third-order valence-corrected chi connectivity index (χ3v) is 4.99. The molecule has 0 spiro atoms. The Balaban J connectivity index is 0.000000202. The Hall–Kier alpha value is -3.33. The van der Waals surface area contributed by atoms with Crippen LogP contribution in [0.3, 0.4) is 0 Å². The molecule has 0 aliphatic carbocycles. The fourth-order valence-corrected chi connectivity index (χ4v) is 3.59. The van der Waals surface area contributed by atoms with Gasteiger partial charge in [-0.3, -0.25) is 4.98 Å². The van der Waals surface area contributed by atoms with Crippen LogP contribution in [0.2, 0.25) is 0 Å². The number of imidazole rings is 1. The zero-order valence-electron chi connectivity index (χ0n) is 18.9. The Morgan fingerprint density at radius 1 is 0.727 bits per heavy atom. The summed E-state index contributed by atoms with van der Waals surface area (Å²) in [6, 6.07) is 34.5. The number of hydrogen-bond acceptors (Lipinski definition) is 2. The van der Waals surface area contributed by atoms with Crippen LogP contribution < -0.4 is 0 Å². The molecular weight excluding hydrogens is 583 g/mol. The zero-order valence-corrected chi connectivity index (χ0v) is 21.3. The number of aryl methyl sites for hydroxylation is 3. The van der Waals surface area contributed by atoms with E-state index in [1.165, 1.54) is 16.7 Å². The van der Waals surface area contributed by atoms with Gasteiger partial charge in [-0.25, -0.2) is 0 Å². The summed E-state index contributed by atoms with van der Waals surface area (Å²) < 4.78 is 2.05. The minimum Gasteiger partial charge on any atom is -0.373 e. The molecule has 2 aromatic heterocycles. The van der Waals surface area contributed by atoms with Crippen LogP contribution >= 0.6 is 0 Å². The molecule has 4 heteroatoms. The number of nitrogens with zero attached hydrogens (tertiary/aromatic N) is 3. The van der Waals surface area contributed by atoms with Crippen molar-refractivity contribution in [1.29, 1.82) is 0 Å². The average molecular weight is 608 g/mol. The van der Waals surface area contributed by atoms with Gasteiger partial charge in [0.05, 0.1) is 11.5 Å². The second kappa shape index (κ2) is 11.5. The topological polar surface area (TPSA) is 30.7 Å².